The second-order valence-corrected chi connectivity index (χ2v) is 3.04. The Morgan fingerprint density at radius 2 is 2.00 bits per heavy atom. The molecule has 0 amide bonds. The zero-order chi connectivity index (χ0) is 9.94. The second kappa shape index (κ2) is 9.96. The highest BCUT2D eigenvalue weighted by Crippen LogP contribution is 2.00. The third-order valence-electron chi connectivity index (χ3n) is 1.83. The van der Waals surface area contributed by atoms with Crippen molar-refractivity contribution in [3.05, 3.63) is 0 Å². The van der Waals surface area contributed by atoms with E-state index in [1.54, 1.807) is 0 Å². The lowest BCUT2D eigenvalue weighted by molar-refractivity contribution is 0.00497. The van der Waals surface area contributed by atoms with Crippen LogP contribution in [-0.4, -0.2) is 39.5 Å². The minimum atomic E-state index is 0.343. The van der Waals surface area contributed by atoms with E-state index in [1.807, 2.05) is 14.0 Å². The van der Waals surface area contributed by atoms with Gasteiger partial charge in [0.1, 0.15) is 0 Å². The summed E-state index contributed by atoms with van der Waals surface area (Å²) in [6.07, 6.45) is 2.63. The van der Waals surface area contributed by atoms with Crippen molar-refractivity contribution >= 4 is 0 Å². The first-order valence-corrected chi connectivity index (χ1v) is 5.19. The number of rotatable bonds is 9. The summed E-state index contributed by atoms with van der Waals surface area (Å²) >= 11 is 0. The third-order valence-corrected chi connectivity index (χ3v) is 1.83. The van der Waals surface area contributed by atoms with Crippen LogP contribution in [0, 0.1) is 0 Å². The van der Waals surface area contributed by atoms with Crippen molar-refractivity contribution in [2.24, 2.45) is 0 Å². The Morgan fingerprint density at radius 1 is 1.23 bits per heavy atom. The maximum absolute atomic E-state index is 5.64. The minimum absolute atomic E-state index is 0.343. The summed E-state index contributed by atoms with van der Waals surface area (Å²) in [5.74, 6) is 0. The minimum Gasteiger partial charge on any atom is -0.379 e. The van der Waals surface area contributed by atoms with E-state index in [9.17, 15) is 0 Å². The highest BCUT2D eigenvalue weighted by Gasteiger charge is 2.05. The molecule has 0 fully saturated rings. The molecule has 3 heteroatoms. The molecule has 13 heavy (non-hydrogen) atoms. The average molecular weight is 189 g/mol. The number of nitrogens with one attached hydrogen (secondary N) is 1. The predicted octanol–water partition coefficient (Wildman–Crippen LogP) is 1.43. The first-order valence-electron chi connectivity index (χ1n) is 5.19. The van der Waals surface area contributed by atoms with Crippen LogP contribution in [0.3, 0.4) is 0 Å². The lowest BCUT2D eigenvalue weighted by Gasteiger charge is -2.16. The van der Waals surface area contributed by atoms with Crippen molar-refractivity contribution in [1.29, 1.82) is 0 Å². The van der Waals surface area contributed by atoms with Crippen LogP contribution in [0.15, 0.2) is 0 Å². The molecule has 0 aliphatic rings. The number of ether oxygens (including phenoxy) is 2. The lowest BCUT2D eigenvalue weighted by atomic mass is 10.2. The third kappa shape index (κ3) is 8.22. The number of likely N-dealkylation sites (N-methyl/N-ethyl adjacent to an activating group) is 1. The van der Waals surface area contributed by atoms with Gasteiger partial charge >= 0.3 is 0 Å². The summed E-state index contributed by atoms with van der Waals surface area (Å²) in [7, 11) is 1.95. The van der Waals surface area contributed by atoms with Crippen LogP contribution in [0.1, 0.15) is 26.7 Å². The van der Waals surface area contributed by atoms with Gasteiger partial charge in [-0.1, -0.05) is 13.3 Å². The highest BCUT2D eigenvalue weighted by atomic mass is 16.5. The molecule has 1 atom stereocenters. The van der Waals surface area contributed by atoms with Gasteiger partial charge in [0.2, 0.25) is 0 Å². The predicted molar refractivity (Wildman–Crippen MR) is 55.1 cm³/mol. The summed E-state index contributed by atoms with van der Waals surface area (Å²) in [5, 5.41) is 3.13. The summed E-state index contributed by atoms with van der Waals surface area (Å²) < 4.78 is 10.8. The van der Waals surface area contributed by atoms with Gasteiger partial charge in [0.25, 0.3) is 0 Å². The first kappa shape index (κ1) is 12.9. The van der Waals surface area contributed by atoms with Gasteiger partial charge in [-0.3, -0.25) is 0 Å². The molecule has 3 nitrogen and oxygen atoms in total. The molecule has 1 N–H and O–H groups in total. The van der Waals surface area contributed by atoms with Gasteiger partial charge in [-0.05, 0) is 20.4 Å². The summed E-state index contributed by atoms with van der Waals surface area (Å²) in [6, 6.07) is 0. The van der Waals surface area contributed by atoms with E-state index < -0.39 is 0 Å². The molecule has 0 rings (SSSR count). The van der Waals surface area contributed by atoms with Crippen molar-refractivity contribution in [3.8, 4) is 0 Å². The molecule has 0 saturated heterocycles. The van der Waals surface area contributed by atoms with Gasteiger partial charge in [-0.25, -0.2) is 0 Å². The Bertz CT molecular complexity index is 92.9. The van der Waals surface area contributed by atoms with Gasteiger partial charge in [0.15, 0.2) is 0 Å². The van der Waals surface area contributed by atoms with Crippen molar-refractivity contribution in [1.82, 2.24) is 5.32 Å². The molecule has 1 unspecified atom stereocenters. The molecule has 0 aromatic carbocycles. The van der Waals surface area contributed by atoms with Crippen LogP contribution in [0.25, 0.3) is 0 Å². The molecular weight excluding hydrogens is 166 g/mol. The fraction of sp³-hybridized carbons (Fsp3) is 1.00. The SMILES string of the molecule is CCCC(CNC)OCCOCC. The Morgan fingerprint density at radius 3 is 2.54 bits per heavy atom. The maximum Gasteiger partial charge on any atom is 0.0704 e. The van der Waals surface area contributed by atoms with Crippen LogP contribution in [-0.2, 0) is 9.47 Å². The van der Waals surface area contributed by atoms with E-state index in [2.05, 4.69) is 12.2 Å². The topological polar surface area (TPSA) is 30.5 Å². The van der Waals surface area contributed by atoms with Crippen LogP contribution in [0.2, 0.25) is 0 Å². The average Bonchev–Trinajstić information content (AvgIpc) is 2.13. The molecule has 0 aromatic heterocycles. The molecule has 0 aromatic rings. The summed E-state index contributed by atoms with van der Waals surface area (Å²) in [4.78, 5) is 0. The molecule has 0 spiro atoms. The normalized spacial score (nSPS) is 13.2. The first-order chi connectivity index (χ1) is 6.35. The summed E-state index contributed by atoms with van der Waals surface area (Å²) in [6.45, 7) is 7.29. The highest BCUT2D eigenvalue weighted by molar-refractivity contribution is 4.58. The van der Waals surface area contributed by atoms with Crippen LogP contribution in [0.4, 0.5) is 0 Å². The Labute approximate surface area is 81.8 Å². The van der Waals surface area contributed by atoms with E-state index in [1.165, 1.54) is 6.42 Å². The zero-order valence-electron chi connectivity index (χ0n) is 9.14. The molecular formula is C10H23NO2. The van der Waals surface area contributed by atoms with Crippen LogP contribution < -0.4 is 5.32 Å². The maximum atomic E-state index is 5.64. The quantitative estimate of drug-likeness (QED) is 0.557. The zero-order valence-corrected chi connectivity index (χ0v) is 9.14. The Balaban J connectivity index is 3.33. The molecule has 0 aliphatic carbocycles. The number of hydrogen-bond acceptors (Lipinski definition) is 3. The van der Waals surface area contributed by atoms with Gasteiger partial charge in [0, 0.05) is 13.2 Å². The van der Waals surface area contributed by atoms with E-state index in [0.29, 0.717) is 19.3 Å². The van der Waals surface area contributed by atoms with Crippen LogP contribution >= 0.6 is 0 Å². The van der Waals surface area contributed by atoms with Gasteiger partial charge in [0.05, 0.1) is 19.3 Å². The van der Waals surface area contributed by atoms with Crippen LogP contribution in [0.5, 0.6) is 0 Å². The van der Waals surface area contributed by atoms with E-state index in [4.69, 9.17) is 9.47 Å². The fourth-order valence-corrected chi connectivity index (χ4v) is 1.21. The smallest absolute Gasteiger partial charge is 0.0704 e. The van der Waals surface area contributed by atoms with Crippen molar-refractivity contribution in [2.45, 2.75) is 32.8 Å². The van der Waals surface area contributed by atoms with E-state index in [0.717, 1.165) is 19.6 Å². The van der Waals surface area contributed by atoms with Crippen molar-refractivity contribution in [2.75, 3.05) is 33.4 Å². The van der Waals surface area contributed by atoms with Crippen molar-refractivity contribution in [3.63, 3.8) is 0 Å². The van der Waals surface area contributed by atoms with E-state index >= 15 is 0 Å². The molecule has 0 heterocycles. The van der Waals surface area contributed by atoms with Gasteiger partial charge < -0.3 is 14.8 Å². The molecule has 0 bridgehead atoms. The number of hydrogen-bond donors (Lipinski definition) is 1. The van der Waals surface area contributed by atoms with Gasteiger partial charge in [-0.15, -0.1) is 0 Å². The summed E-state index contributed by atoms with van der Waals surface area (Å²) in [5.41, 5.74) is 0. The fourth-order valence-electron chi connectivity index (χ4n) is 1.21. The largest absolute Gasteiger partial charge is 0.379 e. The molecule has 0 radical (unpaired) electrons. The molecule has 0 aliphatic heterocycles. The molecule has 0 saturated carbocycles. The van der Waals surface area contributed by atoms with E-state index in [-0.39, 0.29) is 0 Å². The monoisotopic (exact) mass is 189 g/mol. The molecule has 80 valence electrons. The van der Waals surface area contributed by atoms with Gasteiger partial charge in [-0.2, -0.15) is 0 Å². The second-order valence-electron chi connectivity index (χ2n) is 3.04. The standard InChI is InChI=1S/C10H23NO2/c1-4-6-10(9-11-3)13-8-7-12-5-2/h10-11H,4-9H2,1-3H3. The lowest BCUT2D eigenvalue weighted by Crippen LogP contribution is -2.27. The Kier molecular flexibility index (Phi) is 9.87. The Hall–Kier alpha value is -0.120. The van der Waals surface area contributed by atoms with Crippen molar-refractivity contribution < 1.29 is 9.47 Å².